The maximum atomic E-state index is 12.4. The number of nitrogens with zero attached hydrogens (tertiary/aromatic N) is 1. The van der Waals surface area contributed by atoms with E-state index in [1.807, 2.05) is 50.2 Å². The molecule has 0 saturated carbocycles. The highest BCUT2D eigenvalue weighted by Crippen LogP contribution is 2.37. The molecule has 0 spiro atoms. The number of carbonyl (C=O) groups is 2. The first kappa shape index (κ1) is 18.9. The van der Waals surface area contributed by atoms with Crippen LogP contribution in [0.5, 0.6) is 5.75 Å². The van der Waals surface area contributed by atoms with Crippen LogP contribution >= 0.6 is 0 Å². The molecule has 0 saturated heterocycles. The van der Waals surface area contributed by atoms with Crippen molar-refractivity contribution in [3.05, 3.63) is 48.2 Å². The second-order valence-electron chi connectivity index (χ2n) is 7.12. The lowest BCUT2D eigenvalue weighted by Gasteiger charge is -2.22. The largest absolute Gasteiger partial charge is 0.487 e. The van der Waals surface area contributed by atoms with Gasteiger partial charge in [-0.05, 0) is 29.7 Å². The number of fused-ring (bicyclic) bond motifs is 1. The van der Waals surface area contributed by atoms with Crippen molar-refractivity contribution in [2.75, 3.05) is 6.54 Å². The van der Waals surface area contributed by atoms with Crippen LogP contribution in [0.1, 0.15) is 26.3 Å². The molecule has 0 bridgehead atoms. The van der Waals surface area contributed by atoms with Crippen LogP contribution in [0.15, 0.2) is 42.6 Å². The predicted octanol–water partition coefficient (Wildman–Crippen LogP) is 2.33. The van der Waals surface area contributed by atoms with Crippen LogP contribution in [-0.2, 0) is 16.0 Å². The summed E-state index contributed by atoms with van der Waals surface area (Å²) in [4.78, 5) is 28.2. The molecule has 2 amide bonds. The van der Waals surface area contributed by atoms with E-state index in [0.717, 1.165) is 29.0 Å². The molecule has 2 unspecified atom stereocenters. The summed E-state index contributed by atoms with van der Waals surface area (Å²) in [5, 5.41) is 5.61. The minimum atomic E-state index is -0.546. The zero-order chi connectivity index (χ0) is 19.4. The Labute approximate surface area is 159 Å². The van der Waals surface area contributed by atoms with E-state index in [2.05, 4.69) is 15.6 Å². The van der Waals surface area contributed by atoms with Crippen molar-refractivity contribution in [3.8, 4) is 17.0 Å². The van der Waals surface area contributed by atoms with Gasteiger partial charge in [0.2, 0.25) is 11.8 Å². The summed E-state index contributed by atoms with van der Waals surface area (Å²) in [7, 11) is 0. The standard InChI is InChI=1S/C21H25N3O3/c1-13(2)19(24-14(3)25)21(26)23-12-16-11-15-7-6-8-17(20(15)27-16)18-9-4-5-10-22-18/h4-10,13,16,19H,11-12H2,1-3H3,(H,23,26)(H,24,25). The molecule has 2 atom stereocenters. The van der Waals surface area contributed by atoms with Gasteiger partial charge in [-0.3, -0.25) is 14.6 Å². The summed E-state index contributed by atoms with van der Waals surface area (Å²) in [5.74, 6) is 0.433. The van der Waals surface area contributed by atoms with Crippen LogP contribution in [-0.4, -0.2) is 35.5 Å². The maximum Gasteiger partial charge on any atom is 0.242 e. The van der Waals surface area contributed by atoms with Gasteiger partial charge in [0.25, 0.3) is 0 Å². The first-order chi connectivity index (χ1) is 13.0. The van der Waals surface area contributed by atoms with E-state index in [0.29, 0.717) is 6.54 Å². The van der Waals surface area contributed by atoms with E-state index in [1.54, 1.807) is 6.20 Å². The molecule has 1 aromatic carbocycles. The number of amides is 2. The molecule has 0 aliphatic carbocycles. The average molecular weight is 367 g/mol. The second-order valence-corrected chi connectivity index (χ2v) is 7.12. The van der Waals surface area contributed by atoms with Gasteiger partial charge in [-0.2, -0.15) is 0 Å². The number of rotatable bonds is 6. The zero-order valence-corrected chi connectivity index (χ0v) is 15.9. The van der Waals surface area contributed by atoms with Gasteiger partial charge >= 0.3 is 0 Å². The normalized spacial score (nSPS) is 16.4. The van der Waals surface area contributed by atoms with E-state index in [-0.39, 0.29) is 23.8 Å². The molecule has 142 valence electrons. The Morgan fingerprint density at radius 3 is 2.70 bits per heavy atom. The number of hydrogen-bond donors (Lipinski definition) is 2. The third-order valence-electron chi connectivity index (χ3n) is 4.58. The number of carbonyl (C=O) groups excluding carboxylic acids is 2. The summed E-state index contributed by atoms with van der Waals surface area (Å²) < 4.78 is 6.12. The second kappa shape index (κ2) is 8.20. The molecule has 1 aliphatic rings. The van der Waals surface area contributed by atoms with Crippen molar-refractivity contribution in [2.45, 2.75) is 39.3 Å². The van der Waals surface area contributed by atoms with Gasteiger partial charge in [-0.25, -0.2) is 0 Å². The number of ether oxygens (including phenoxy) is 1. The number of pyridine rings is 1. The quantitative estimate of drug-likeness (QED) is 0.821. The number of nitrogens with one attached hydrogen (secondary N) is 2. The molecule has 6 heteroatoms. The van der Waals surface area contributed by atoms with Crippen LogP contribution in [0.2, 0.25) is 0 Å². The van der Waals surface area contributed by atoms with Crippen molar-refractivity contribution in [1.82, 2.24) is 15.6 Å². The minimum absolute atomic E-state index is 0.00588. The average Bonchev–Trinajstić information content (AvgIpc) is 3.07. The fraction of sp³-hybridized carbons (Fsp3) is 0.381. The Bertz CT molecular complexity index is 821. The molecule has 2 heterocycles. The Morgan fingerprint density at radius 1 is 1.22 bits per heavy atom. The van der Waals surface area contributed by atoms with Crippen molar-refractivity contribution in [1.29, 1.82) is 0 Å². The zero-order valence-electron chi connectivity index (χ0n) is 15.9. The molecule has 27 heavy (non-hydrogen) atoms. The topological polar surface area (TPSA) is 80.3 Å². The van der Waals surface area contributed by atoms with Crippen LogP contribution in [0, 0.1) is 5.92 Å². The molecule has 2 N–H and O–H groups in total. The van der Waals surface area contributed by atoms with Gasteiger partial charge < -0.3 is 15.4 Å². The SMILES string of the molecule is CC(=O)NC(C(=O)NCC1Cc2cccc(-c3ccccn3)c2O1)C(C)C. The lowest BCUT2D eigenvalue weighted by atomic mass is 10.0. The molecule has 6 nitrogen and oxygen atoms in total. The van der Waals surface area contributed by atoms with Gasteiger partial charge in [0, 0.05) is 25.1 Å². The van der Waals surface area contributed by atoms with Gasteiger partial charge in [-0.1, -0.05) is 32.0 Å². The Hall–Kier alpha value is -2.89. The monoisotopic (exact) mass is 367 g/mol. The van der Waals surface area contributed by atoms with E-state index in [9.17, 15) is 9.59 Å². The molecule has 1 aromatic heterocycles. The van der Waals surface area contributed by atoms with Gasteiger partial charge in [0.15, 0.2) is 0 Å². The summed E-state index contributed by atoms with van der Waals surface area (Å²) in [6, 6.07) is 11.3. The predicted molar refractivity (Wildman–Crippen MR) is 103 cm³/mol. The van der Waals surface area contributed by atoms with Crippen LogP contribution < -0.4 is 15.4 Å². The van der Waals surface area contributed by atoms with Gasteiger partial charge in [-0.15, -0.1) is 0 Å². The maximum absolute atomic E-state index is 12.4. The van der Waals surface area contributed by atoms with E-state index in [4.69, 9.17) is 4.74 Å². The molecular weight excluding hydrogens is 342 g/mol. The molecule has 0 radical (unpaired) electrons. The number of aromatic nitrogens is 1. The number of para-hydroxylation sites is 1. The summed E-state index contributed by atoms with van der Waals surface area (Å²) in [6.07, 6.45) is 2.34. The molecule has 3 rings (SSSR count). The van der Waals surface area contributed by atoms with Crippen molar-refractivity contribution < 1.29 is 14.3 Å². The first-order valence-electron chi connectivity index (χ1n) is 9.20. The highest BCUT2D eigenvalue weighted by Gasteiger charge is 2.28. The van der Waals surface area contributed by atoms with E-state index < -0.39 is 6.04 Å². The van der Waals surface area contributed by atoms with Crippen LogP contribution in [0.4, 0.5) is 0 Å². The lowest BCUT2D eigenvalue weighted by molar-refractivity contribution is -0.129. The molecule has 0 fully saturated rings. The highest BCUT2D eigenvalue weighted by atomic mass is 16.5. The van der Waals surface area contributed by atoms with Crippen molar-refractivity contribution in [2.24, 2.45) is 5.92 Å². The fourth-order valence-electron chi connectivity index (χ4n) is 3.25. The molecule has 2 aromatic rings. The highest BCUT2D eigenvalue weighted by molar-refractivity contribution is 5.87. The first-order valence-corrected chi connectivity index (χ1v) is 9.20. The Morgan fingerprint density at radius 2 is 2.04 bits per heavy atom. The Balaban J connectivity index is 1.65. The molecular formula is C21H25N3O3. The summed E-state index contributed by atoms with van der Waals surface area (Å²) in [5.41, 5.74) is 2.93. The van der Waals surface area contributed by atoms with Crippen molar-refractivity contribution >= 4 is 11.8 Å². The van der Waals surface area contributed by atoms with E-state index in [1.165, 1.54) is 6.92 Å². The third-order valence-corrected chi connectivity index (χ3v) is 4.58. The fourth-order valence-corrected chi connectivity index (χ4v) is 3.25. The van der Waals surface area contributed by atoms with Gasteiger partial charge in [0.1, 0.15) is 17.9 Å². The number of hydrogen-bond acceptors (Lipinski definition) is 4. The third kappa shape index (κ3) is 4.45. The van der Waals surface area contributed by atoms with Crippen LogP contribution in [0.25, 0.3) is 11.3 Å². The van der Waals surface area contributed by atoms with Crippen LogP contribution in [0.3, 0.4) is 0 Å². The summed E-state index contributed by atoms with van der Waals surface area (Å²) in [6.45, 7) is 5.61. The lowest BCUT2D eigenvalue weighted by Crippen LogP contribution is -2.50. The smallest absolute Gasteiger partial charge is 0.242 e. The number of benzene rings is 1. The van der Waals surface area contributed by atoms with E-state index >= 15 is 0 Å². The minimum Gasteiger partial charge on any atom is -0.487 e. The van der Waals surface area contributed by atoms with Crippen molar-refractivity contribution in [3.63, 3.8) is 0 Å². The Kier molecular flexibility index (Phi) is 5.74. The molecule has 1 aliphatic heterocycles. The van der Waals surface area contributed by atoms with Gasteiger partial charge in [0.05, 0.1) is 12.2 Å². The summed E-state index contributed by atoms with van der Waals surface area (Å²) >= 11 is 0.